The smallest absolute Gasteiger partial charge is 0.327 e. The number of carboxylic acid groups (broad SMARTS) is 1. The van der Waals surface area contributed by atoms with Crippen molar-refractivity contribution in [2.45, 2.75) is 38.3 Å². The predicted octanol–water partition coefficient (Wildman–Crippen LogP) is 4.81. The van der Waals surface area contributed by atoms with E-state index in [0.717, 1.165) is 9.13 Å². The number of benzene rings is 2. The third kappa shape index (κ3) is 4.43. The van der Waals surface area contributed by atoms with Crippen LogP contribution in [0.5, 0.6) is 5.75 Å². The molecule has 2 aromatic rings. The summed E-state index contributed by atoms with van der Waals surface area (Å²) in [5.41, 5.74) is 1.29. The fourth-order valence-electron chi connectivity index (χ4n) is 3.53. The second-order valence-electron chi connectivity index (χ2n) is 7.04. The standard InChI is InChI=1S/C21H21ClINO4/c1-12(2)28-18-8-5-14(11-17(18)22)20(25)24-10-9-16(19(24)21(26)27)13-3-6-15(23)7-4-13/h3-8,11-12,16,19H,9-10H2,1-2H3,(H,26,27). The Morgan fingerprint density at radius 2 is 1.89 bits per heavy atom. The van der Waals surface area contributed by atoms with Crippen molar-refractivity contribution in [2.24, 2.45) is 0 Å². The maximum absolute atomic E-state index is 13.0. The highest BCUT2D eigenvalue weighted by Gasteiger charge is 2.42. The SMILES string of the molecule is CC(C)Oc1ccc(C(=O)N2CCC(c3ccc(I)cc3)C2C(=O)O)cc1Cl. The molecule has 2 unspecified atom stereocenters. The van der Waals surface area contributed by atoms with Gasteiger partial charge in [0.2, 0.25) is 0 Å². The van der Waals surface area contributed by atoms with Crippen molar-refractivity contribution < 1.29 is 19.4 Å². The average Bonchev–Trinajstić information content (AvgIpc) is 3.08. The molecule has 0 aliphatic carbocycles. The van der Waals surface area contributed by atoms with E-state index in [1.54, 1.807) is 18.2 Å². The molecule has 1 amide bonds. The first-order chi connectivity index (χ1) is 13.3. The number of carbonyl (C=O) groups is 2. The van der Waals surface area contributed by atoms with Gasteiger partial charge >= 0.3 is 5.97 Å². The summed E-state index contributed by atoms with van der Waals surface area (Å²) < 4.78 is 6.68. The van der Waals surface area contributed by atoms with Crippen LogP contribution in [0.3, 0.4) is 0 Å². The van der Waals surface area contributed by atoms with Crippen LogP contribution in [-0.4, -0.2) is 40.6 Å². The number of likely N-dealkylation sites (tertiary alicyclic amines) is 1. The van der Waals surface area contributed by atoms with Crippen molar-refractivity contribution in [2.75, 3.05) is 6.54 Å². The Morgan fingerprint density at radius 1 is 1.21 bits per heavy atom. The van der Waals surface area contributed by atoms with Crippen molar-refractivity contribution in [3.8, 4) is 5.75 Å². The zero-order valence-corrected chi connectivity index (χ0v) is 18.5. The maximum Gasteiger partial charge on any atom is 0.327 e. The van der Waals surface area contributed by atoms with Crippen molar-refractivity contribution in [1.82, 2.24) is 4.90 Å². The Bertz CT molecular complexity index is 884. The maximum atomic E-state index is 13.0. The summed E-state index contributed by atoms with van der Waals surface area (Å²) in [5, 5.41) is 10.2. The predicted molar refractivity (Wildman–Crippen MR) is 116 cm³/mol. The van der Waals surface area contributed by atoms with E-state index in [9.17, 15) is 14.7 Å². The van der Waals surface area contributed by atoms with Gasteiger partial charge in [-0.1, -0.05) is 23.7 Å². The number of ether oxygens (including phenoxy) is 1. The number of rotatable bonds is 5. The van der Waals surface area contributed by atoms with Crippen LogP contribution in [0.25, 0.3) is 0 Å². The van der Waals surface area contributed by atoms with Gasteiger partial charge in [0.05, 0.1) is 11.1 Å². The summed E-state index contributed by atoms with van der Waals surface area (Å²) in [6.45, 7) is 4.16. The van der Waals surface area contributed by atoms with Gasteiger partial charge in [-0.05, 0) is 78.8 Å². The van der Waals surface area contributed by atoms with E-state index in [0.29, 0.717) is 29.3 Å². The molecule has 1 N–H and O–H groups in total. The molecule has 7 heteroatoms. The van der Waals surface area contributed by atoms with E-state index in [2.05, 4.69) is 22.6 Å². The van der Waals surface area contributed by atoms with Crippen molar-refractivity contribution in [1.29, 1.82) is 0 Å². The van der Waals surface area contributed by atoms with Crippen LogP contribution in [0, 0.1) is 3.57 Å². The number of hydrogen-bond donors (Lipinski definition) is 1. The fraction of sp³-hybridized carbons (Fsp3) is 0.333. The molecule has 1 fully saturated rings. The molecular weight excluding hydrogens is 493 g/mol. The lowest BCUT2D eigenvalue weighted by Gasteiger charge is -2.25. The third-order valence-electron chi connectivity index (χ3n) is 4.75. The number of carboxylic acids is 1. The largest absolute Gasteiger partial charge is 0.489 e. The van der Waals surface area contributed by atoms with Gasteiger partial charge in [-0.15, -0.1) is 0 Å². The minimum Gasteiger partial charge on any atom is -0.489 e. The zero-order valence-electron chi connectivity index (χ0n) is 15.6. The molecule has 2 atom stereocenters. The van der Waals surface area contributed by atoms with E-state index in [1.807, 2.05) is 38.1 Å². The molecule has 148 valence electrons. The quantitative estimate of drug-likeness (QED) is 0.583. The Kier molecular flexibility index (Phi) is 6.50. The van der Waals surface area contributed by atoms with E-state index in [1.165, 1.54) is 4.90 Å². The number of amides is 1. The first kappa shape index (κ1) is 20.9. The summed E-state index contributed by atoms with van der Waals surface area (Å²) >= 11 is 8.46. The van der Waals surface area contributed by atoms with Crippen LogP contribution >= 0.6 is 34.2 Å². The normalized spacial score (nSPS) is 19.1. The third-order valence-corrected chi connectivity index (χ3v) is 5.77. The lowest BCUT2D eigenvalue weighted by molar-refractivity contribution is -0.141. The van der Waals surface area contributed by atoms with Gasteiger partial charge in [-0.3, -0.25) is 4.79 Å². The summed E-state index contributed by atoms with van der Waals surface area (Å²) in [5.74, 6) is -1.07. The number of halogens is 2. The molecule has 1 aliphatic heterocycles. The van der Waals surface area contributed by atoms with Gasteiger partial charge in [0.25, 0.3) is 5.91 Å². The van der Waals surface area contributed by atoms with Crippen LogP contribution in [0.15, 0.2) is 42.5 Å². The van der Waals surface area contributed by atoms with Gasteiger partial charge in [0.1, 0.15) is 11.8 Å². The molecule has 0 radical (unpaired) electrons. The van der Waals surface area contributed by atoms with E-state index in [-0.39, 0.29) is 17.9 Å². The lowest BCUT2D eigenvalue weighted by atomic mass is 9.91. The average molecular weight is 514 g/mol. The Morgan fingerprint density at radius 3 is 2.46 bits per heavy atom. The Hall–Kier alpha value is -1.80. The first-order valence-corrected chi connectivity index (χ1v) is 10.5. The molecule has 1 saturated heterocycles. The van der Waals surface area contributed by atoms with Crippen molar-refractivity contribution >= 4 is 46.1 Å². The first-order valence-electron chi connectivity index (χ1n) is 9.03. The summed E-state index contributed by atoms with van der Waals surface area (Å²) in [4.78, 5) is 26.5. The van der Waals surface area contributed by atoms with Crippen LogP contribution in [-0.2, 0) is 4.79 Å². The van der Waals surface area contributed by atoms with Crippen LogP contribution in [0.2, 0.25) is 5.02 Å². The summed E-state index contributed by atoms with van der Waals surface area (Å²) in [7, 11) is 0. The molecule has 0 spiro atoms. The molecule has 5 nitrogen and oxygen atoms in total. The molecule has 1 heterocycles. The number of nitrogens with zero attached hydrogens (tertiary/aromatic N) is 1. The van der Waals surface area contributed by atoms with Gasteiger partial charge < -0.3 is 14.7 Å². The minimum absolute atomic E-state index is 0.0382. The lowest BCUT2D eigenvalue weighted by Crippen LogP contribution is -2.42. The molecule has 2 aromatic carbocycles. The van der Waals surface area contributed by atoms with Crippen molar-refractivity contribution in [3.63, 3.8) is 0 Å². The highest BCUT2D eigenvalue weighted by molar-refractivity contribution is 14.1. The van der Waals surface area contributed by atoms with E-state index < -0.39 is 12.0 Å². The molecule has 28 heavy (non-hydrogen) atoms. The fourth-order valence-corrected chi connectivity index (χ4v) is 4.12. The summed E-state index contributed by atoms with van der Waals surface area (Å²) in [6, 6.07) is 11.7. The molecule has 0 saturated carbocycles. The van der Waals surface area contributed by atoms with Crippen molar-refractivity contribution in [3.05, 3.63) is 62.2 Å². The number of aliphatic carboxylic acids is 1. The molecule has 1 aliphatic rings. The Balaban J connectivity index is 1.86. The zero-order chi connectivity index (χ0) is 20.4. The highest BCUT2D eigenvalue weighted by Crippen LogP contribution is 2.36. The summed E-state index contributed by atoms with van der Waals surface area (Å²) in [6.07, 6.45) is 0.565. The van der Waals surface area contributed by atoms with E-state index in [4.69, 9.17) is 16.3 Å². The molecular formula is C21H21ClINO4. The second kappa shape index (κ2) is 8.69. The second-order valence-corrected chi connectivity index (χ2v) is 8.69. The van der Waals surface area contributed by atoms with Gasteiger partial charge in [0, 0.05) is 21.6 Å². The van der Waals surface area contributed by atoms with Crippen LogP contribution in [0.4, 0.5) is 0 Å². The van der Waals surface area contributed by atoms with Gasteiger partial charge in [-0.2, -0.15) is 0 Å². The van der Waals surface area contributed by atoms with Crippen LogP contribution < -0.4 is 4.74 Å². The van der Waals surface area contributed by atoms with E-state index >= 15 is 0 Å². The van der Waals surface area contributed by atoms with Crippen LogP contribution in [0.1, 0.15) is 42.1 Å². The van der Waals surface area contributed by atoms with Gasteiger partial charge in [0.15, 0.2) is 0 Å². The number of carbonyl (C=O) groups excluding carboxylic acids is 1. The monoisotopic (exact) mass is 513 g/mol. The van der Waals surface area contributed by atoms with Gasteiger partial charge in [-0.25, -0.2) is 4.79 Å². The topological polar surface area (TPSA) is 66.8 Å². The molecule has 0 aromatic heterocycles. The Labute approximate surface area is 182 Å². The molecule has 0 bridgehead atoms. The highest BCUT2D eigenvalue weighted by atomic mass is 127. The minimum atomic E-state index is -1.000. The number of hydrogen-bond acceptors (Lipinski definition) is 3. The molecule has 3 rings (SSSR count).